The number of rotatable bonds is 5. The lowest BCUT2D eigenvalue weighted by Crippen LogP contribution is -2.49. The summed E-state index contributed by atoms with van der Waals surface area (Å²) in [6.45, 7) is 4.95. The van der Waals surface area contributed by atoms with Gasteiger partial charge in [0.1, 0.15) is 11.5 Å². The van der Waals surface area contributed by atoms with Crippen molar-refractivity contribution in [2.45, 2.75) is 13.5 Å². The first-order valence-electron chi connectivity index (χ1n) is 9.29. The number of hydrogen-bond donors (Lipinski definition) is 1. The molecule has 2 aromatic heterocycles. The van der Waals surface area contributed by atoms with Gasteiger partial charge in [0.2, 0.25) is 11.7 Å². The summed E-state index contributed by atoms with van der Waals surface area (Å²) >= 11 is 0. The maximum absolute atomic E-state index is 12.3. The zero-order valence-electron chi connectivity index (χ0n) is 16.3. The molecule has 0 bridgehead atoms. The fourth-order valence-electron chi connectivity index (χ4n) is 3.09. The fourth-order valence-corrected chi connectivity index (χ4v) is 3.09. The van der Waals surface area contributed by atoms with E-state index in [-0.39, 0.29) is 6.03 Å². The molecule has 0 aliphatic carbocycles. The summed E-state index contributed by atoms with van der Waals surface area (Å²) in [5, 5.41) is 10.6. The second kappa shape index (κ2) is 8.31. The Morgan fingerprint density at radius 2 is 1.90 bits per heavy atom. The smallest absolute Gasteiger partial charge is 0.323 e. The second-order valence-electron chi connectivity index (χ2n) is 6.76. The molecule has 10 nitrogen and oxygen atoms in total. The molecule has 1 aliphatic rings. The Kier molecular flexibility index (Phi) is 5.43. The van der Waals surface area contributed by atoms with Gasteiger partial charge >= 0.3 is 6.03 Å². The van der Waals surface area contributed by atoms with Gasteiger partial charge in [-0.3, -0.25) is 10.2 Å². The molecule has 1 N–H and O–H groups in total. The summed E-state index contributed by atoms with van der Waals surface area (Å²) in [4.78, 5) is 20.7. The Balaban J connectivity index is 1.28. The quantitative estimate of drug-likeness (QED) is 0.698. The van der Waals surface area contributed by atoms with Crippen LogP contribution in [0.2, 0.25) is 0 Å². The molecule has 1 aromatic carbocycles. The number of benzene rings is 1. The Hall–Kier alpha value is -3.40. The number of amides is 2. The first-order chi connectivity index (χ1) is 14.1. The standard InChI is InChI=1S/C19H22N6O4/c1-13-11-16(22-28-13)20-19(26)25-9-7-24(8-10-25)12-17-21-18(23-29-17)14-3-5-15(27-2)6-4-14/h3-6,11H,7-10,12H2,1-2H3,(H,20,22,26). The highest BCUT2D eigenvalue weighted by Crippen LogP contribution is 2.20. The van der Waals surface area contributed by atoms with Crippen molar-refractivity contribution < 1.29 is 18.6 Å². The topological polar surface area (TPSA) is 110 Å². The number of nitrogens with one attached hydrogen (secondary N) is 1. The summed E-state index contributed by atoms with van der Waals surface area (Å²) in [6, 6.07) is 9.00. The van der Waals surface area contributed by atoms with Gasteiger partial charge in [0.25, 0.3) is 0 Å². The lowest BCUT2D eigenvalue weighted by atomic mass is 10.2. The number of piperazine rings is 1. The lowest BCUT2D eigenvalue weighted by Gasteiger charge is -2.33. The van der Waals surface area contributed by atoms with E-state index >= 15 is 0 Å². The average molecular weight is 398 g/mol. The SMILES string of the molecule is COc1ccc(-c2noc(CN3CCN(C(=O)Nc4cc(C)on4)CC3)n2)cc1. The maximum Gasteiger partial charge on any atom is 0.323 e. The molecule has 10 heteroatoms. The van der Waals surface area contributed by atoms with Crippen LogP contribution < -0.4 is 10.1 Å². The van der Waals surface area contributed by atoms with Crippen LogP contribution in [0.25, 0.3) is 11.4 Å². The normalized spacial score (nSPS) is 14.8. The molecule has 1 aliphatic heterocycles. The van der Waals surface area contributed by atoms with Crippen LogP contribution in [0.1, 0.15) is 11.7 Å². The third kappa shape index (κ3) is 4.54. The van der Waals surface area contributed by atoms with Crippen LogP contribution in [0, 0.1) is 6.92 Å². The van der Waals surface area contributed by atoms with Crippen LogP contribution in [0.15, 0.2) is 39.4 Å². The summed E-state index contributed by atoms with van der Waals surface area (Å²) < 4.78 is 15.5. The number of carbonyl (C=O) groups is 1. The van der Waals surface area contributed by atoms with E-state index in [1.165, 1.54) is 0 Å². The molecule has 0 unspecified atom stereocenters. The molecule has 29 heavy (non-hydrogen) atoms. The predicted octanol–water partition coefficient (Wildman–Crippen LogP) is 2.39. The van der Waals surface area contributed by atoms with Gasteiger partial charge in [0, 0.05) is 37.8 Å². The van der Waals surface area contributed by atoms with Crippen LogP contribution in [0.4, 0.5) is 10.6 Å². The number of nitrogens with zero attached hydrogens (tertiary/aromatic N) is 5. The predicted molar refractivity (Wildman–Crippen MR) is 103 cm³/mol. The number of methoxy groups -OCH3 is 1. The van der Waals surface area contributed by atoms with Gasteiger partial charge in [-0.2, -0.15) is 4.98 Å². The molecule has 3 heterocycles. The second-order valence-corrected chi connectivity index (χ2v) is 6.76. The molecular weight excluding hydrogens is 376 g/mol. The van der Waals surface area contributed by atoms with Gasteiger partial charge < -0.3 is 18.7 Å². The Labute approximate surface area is 167 Å². The van der Waals surface area contributed by atoms with Crippen molar-refractivity contribution in [3.8, 4) is 17.1 Å². The zero-order chi connectivity index (χ0) is 20.2. The first-order valence-corrected chi connectivity index (χ1v) is 9.29. The maximum atomic E-state index is 12.3. The minimum atomic E-state index is -0.183. The molecule has 1 fully saturated rings. The number of aryl methyl sites for hydroxylation is 1. The lowest BCUT2D eigenvalue weighted by molar-refractivity contribution is 0.133. The summed E-state index contributed by atoms with van der Waals surface area (Å²) in [7, 11) is 1.63. The van der Waals surface area contributed by atoms with E-state index in [1.807, 2.05) is 24.3 Å². The van der Waals surface area contributed by atoms with E-state index in [4.69, 9.17) is 13.8 Å². The molecule has 1 saturated heterocycles. The van der Waals surface area contributed by atoms with E-state index in [0.29, 0.717) is 56.0 Å². The van der Waals surface area contributed by atoms with Crippen molar-refractivity contribution in [2.24, 2.45) is 0 Å². The van der Waals surface area contributed by atoms with E-state index < -0.39 is 0 Å². The minimum Gasteiger partial charge on any atom is -0.497 e. The molecule has 0 spiro atoms. The summed E-state index contributed by atoms with van der Waals surface area (Å²) in [5.41, 5.74) is 0.866. The molecule has 2 amide bonds. The highest BCUT2D eigenvalue weighted by Gasteiger charge is 2.23. The molecular formula is C19H22N6O4. The van der Waals surface area contributed by atoms with Crippen LogP contribution in [-0.2, 0) is 6.54 Å². The van der Waals surface area contributed by atoms with Gasteiger partial charge in [-0.05, 0) is 31.2 Å². The third-order valence-corrected chi connectivity index (χ3v) is 4.70. The van der Waals surface area contributed by atoms with Crippen molar-refractivity contribution in [3.05, 3.63) is 42.0 Å². The molecule has 0 saturated carbocycles. The third-order valence-electron chi connectivity index (χ3n) is 4.70. The highest BCUT2D eigenvalue weighted by molar-refractivity contribution is 5.88. The number of ether oxygens (including phenoxy) is 1. The van der Waals surface area contributed by atoms with Crippen LogP contribution in [-0.4, -0.2) is 64.4 Å². The van der Waals surface area contributed by atoms with Gasteiger partial charge in [0.05, 0.1) is 13.7 Å². The molecule has 4 rings (SSSR count). The number of anilines is 1. The van der Waals surface area contributed by atoms with Crippen LogP contribution >= 0.6 is 0 Å². The number of urea groups is 1. The van der Waals surface area contributed by atoms with Crippen LogP contribution in [0.5, 0.6) is 5.75 Å². The highest BCUT2D eigenvalue weighted by atomic mass is 16.5. The number of hydrogen-bond acceptors (Lipinski definition) is 8. The van der Waals surface area contributed by atoms with E-state index in [9.17, 15) is 4.79 Å². The molecule has 0 atom stereocenters. The van der Waals surface area contributed by atoms with Gasteiger partial charge in [-0.15, -0.1) is 0 Å². The van der Waals surface area contributed by atoms with Crippen molar-refractivity contribution in [3.63, 3.8) is 0 Å². The van der Waals surface area contributed by atoms with Gasteiger partial charge in [0.15, 0.2) is 5.82 Å². The number of aromatic nitrogens is 3. The van der Waals surface area contributed by atoms with Crippen molar-refractivity contribution in [2.75, 3.05) is 38.6 Å². The van der Waals surface area contributed by atoms with E-state index in [1.54, 1.807) is 25.0 Å². The van der Waals surface area contributed by atoms with Crippen molar-refractivity contribution >= 4 is 11.8 Å². The number of carbonyl (C=O) groups excluding carboxylic acids is 1. The molecule has 0 radical (unpaired) electrons. The fraction of sp³-hybridized carbons (Fsp3) is 0.368. The first kappa shape index (κ1) is 18.9. The Bertz CT molecular complexity index is 959. The van der Waals surface area contributed by atoms with Crippen molar-refractivity contribution in [1.82, 2.24) is 25.1 Å². The van der Waals surface area contributed by atoms with Gasteiger partial charge in [-0.25, -0.2) is 4.79 Å². The minimum absolute atomic E-state index is 0.183. The van der Waals surface area contributed by atoms with Gasteiger partial charge in [-0.1, -0.05) is 10.3 Å². The summed E-state index contributed by atoms with van der Waals surface area (Å²) in [5.74, 6) is 2.94. The Morgan fingerprint density at radius 1 is 1.14 bits per heavy atom. The van der Waals surface area contributed by atoms with Crippen molar-refractivity contribution in [1.29, 1.82) is 0 Å². The Morgan fingerprint density at radius 3 is 2.55 bits per heavy atom. The molecule has 152 valence electrons. The largest absolute Gasteiger partial charge is 0.497 e. The zero-order valence-corrected chi connectivity index (χ0v) is 16.3. The molecule has 3 aromatic rings. The van der Waals surface area contributed by atoms with Crippen LogP contribution in [0.3, 0.4) is 0 Å². The average Bonchev–Trinajstić information content (AvgIpc) is 3.37. The van der Waals surface area contributed by atoms with E-state index in [2.05, 4.69) is 25.5 Å². The summed E-state index contributed by atoms with van der Waals surface area (Å²) in [6.07, 6.45) is 0. The monoisotopic (exact) mass is 398 g/mol. The van der Waals surface area contributed by atoms with E-state index in [0.717, 1.165) is 11.3 Å².